The maximum Gasteiger partial charge on any atom is 0.332 e. The molecule has 0 bridgehead atoms. The lowest BCUT2D eigenvalue weighted by molar-refractivity contribution is -0.146. The summed E-state index contributed by atoms with van der Waals surface area (Å²) in [5.41, 5.74) is 0. The number of aromatic amines is 1. The minimum atomic E-state index is -1.47. The first kappa shape index (κ1) is 14.9. The molecule has 1 aromatic heterocycles. The molecular formula is C10H17N5O4. The van der Waals surface area contributed by atoms with Crippen LogP contribution in [0.3, 0.4) is 0 Å². The lowest BCUT2D eigenvalue weighted by Gasteiger charge is -2.16. The average Bonchev–Trinajstić information content (AvgIpc) is 2.74. The summed E-state index contributed by atoms with van der Waals surface area (Å²) in [5, 5.41) is 26.5. The average molecular weight is 271 g/mol. The van der Waals surface area contributed by atoms with E-state index in [9.17, 15) is 9.59 Å². The first-order chi connectivity index (χ1) is 8.90. The van der Waals surface area contributed by atoms with Crippen LogP contribution >= 0.6 is 0 Å². The van der Waals surface area contributed by atoms with Crippen molar-refractivity contribution in [1.29, 1.82) is 0 Å². The molecule has 1 heterocycles. The van der Waals surface area contributed by atoms with Gasteiger partial charge in [-0.3, -0.25) is 5.10 Å². The molecule has 1 aromatic rings. The molecule has 0 radical (unpaired) electrons. The number of aromatic nitrogens is 3. The molecule has 106 valence electrons. The van der Waals surface area contributed by atoms with Crippen LogP contribution < -0.4 is 5.32 Å². The van der Waals surface area contributed by atoms with Gasteiger partial charge in [0.05, 0.1) is 6.54 Å². The van der Waals surface area contributed by atoms with E-state index in [0.717, 1.165) is 0 Å². The number of H-pyrrole nitrogens is 1. The van der Waals surface area contributed by atoms with Crippen LogP contribution in [-0.2, 0) is 11.3 Å². The van der Waals surface area contributed by atoms with E-state index < -0.39 is 12.1 Å². The number of carbonyl (C=O) groups excluding carboxylic acids is 1. The number of amides is 2. The van der Waals surface area contributed by atoms with Gasteiger partial charge in [-0.2, -0.15) is 5.10 Å². The number of urea groups is 1. The van der Waals surface area contributed by atoms with Crippen LogP contribution in [0, 0.1) is 6.92 Å². The SMILES string of the molecule is Cc1nc(CN(C)C(=O)NCCC(O)C(=O)O)n[nH]1. The third kappa shape index (κ3) is 4.92. The van der Waals surface area contributed by atoms with Gasteiger partial charge in [0, 0.05) is 20.0 Å². The summed E-state index contributed by atoms with van der Waals surface area (Å²) in [4.78, 5) is 27.4. The van der Waals surface area contributed by atoms with Crippen LogP contribution in [0.4, 0.5) is 4.79 Å². The van der Waals surface area contributed by atoms with Gasteiger partial charge < -0.3 is 20.4 Å². The molecule has 0 saturated carbocycles. The molecule has 1 atom stereocenters. The van der Waals surface area contributed by atoms with E-state index in [1.165, 1.54) is 4.90 Å². The van der Waals surface area contributed by atoms with E-state index in [1.807, 2.05) is 0 Å². The number of aryl methyl sites for hydroxylation is 1. The van der Waals surface area contributed by atoms with Gasteiger partial charge in [-0.05, 0) is 6.92 Å². The number of nitrogens with one attached hydrogen (secondary N) is 2. The summed E-state index contributed by atoms with van der Waals surface area (Å²) >= 11 is 0. The highest BCUT2D eigenvalue weighted by atomic mass is 16.4. The summed E-state index contributed by atoms with van der Waals surface area (Å²) in [6.45, 7) is 2.06. The number of hydrogen-bond acceptors (Lipinski definition) is 5. The minimum absolute atomic E-state index is 0.0469. The maximum atomic E-state index is 11.6. The fourth-order valence-electron chi connectivity index (χ4n) is 1.32. The van der Waals surface area contributed by atoms with Crippen molar-refractivity contribution >= 4 is 12.0 Å². The zero-order chi connectivity index (χ0) is 14.4. The number of aliphatic hydroxyl groups is 1. The molecule has 19 heavy (non-hydrogen) atoms. The van der Waals surface area contributed by atoms with Gasteiger partial charge in [-0.25, -0.2) is 14.6 Å². The first-order valence-electron chi connectivity index (χ1n) is 5.68. The highest BCUT2D eigenvalue weighted by molar-refractivity contribution is 5.74. The summed E-state index contributed by atoms with van der Waals surface area (Å²) in [7, 11) is 1.56. The number of hydrogen-bond donors (Lipinski definition) is 4. The Morgan fingerprint density at radius 1 is 1.53 bits per heavy atom. The Hall–Kier alpha value is -2.16. The molecular weight excluding hydrogens is 254 g/mol. The van der Waals surface area contributed by atoms with E-state index in [-0.39, 0.29) is 25.5 Å². The van der Waals surface area contributed by atoms with Gasteiger partial charge in [0.1, 0.15) is 5.82 Å². The van der Waals surface area contributed by atoms with Crippen molar-refractivity contribution in [3.05, 3.63) is 11.6 Å². The van der Waals surface area contributed by atoms with Crippen molar-refractivity contribution < 1.29 is 19.8 Å². The Morgan fingerprint density at radius 2 is 2.21 bits per heavy atom. The zero-order valence-electron chi connectivity index (χ0n) is 10.8. The fourth-order valence-corrected chi connectivity index (χ4v) is 1.32. The van der Waals surface area contributed by atoms with Crippen LogP contribution in [-0.4, -0.2) is 62.0 Å². The third-order valence-electron chi connectivity index (χ3n) is 2.35. The van der Waals surface area contributed by atoms with E-state index >= 15 is 0 Å². The Morgan fingerprint density at radius 3 is 2.74 bits per heavy atom. The van der Waals surface area contributed by atoms with Crippen molar-refractivity contribution in [2.75, 3.05) is 13.6 Å². The number of rotatable bonds is 6. The molecule has 2 amide bonds. The summed E-state index contributed by atoms with van der Waals surface area (Å²) in [6, 6.07) is -0.389. The van der Waals surface area contributed by atoms with E-state index in [0.29, 0.717) is 11.6 Å². The number of aliphatic carboxylic acids is 1. The molecule has 0 spiro atoms. The second kappa shape index (κ2) is 6.69. The van der Waals surface area contributed by atoms with Gasteiger partial charge >= 0.3 is 12.0 Å². The number of nitrogens with zero attached hydrogens (tertiary/aromatic N) is 3. The molecule has 0 aliphatic rings. The molecule has 0 fully saturated rings. The number of carbonyl (C=O) groups is 2. The van der Waals surface area contributed by atoms with Gasteiger partial charge in [0.15, 0.2) is 11.9 Å². The topological polar surface area (TPSA) is 131 Å². The second-order valence-electron chi connectivity index (χ2n) is 4.07. The van der Waals surface area contributed by atoms with Crippen LogP contribution in [0.1, 0.15) is 18.1 Å². The van der Waals surface area contributed by atoms with Crippen LogP contribution in [0.25, 0.3) is 0 Å². The standard InChI is InChI=1S/C10H17N5O4/c1-6-12-8(14-13-6)5-15(2)10(19)11-4-3-7(16)9(17)18/h7,16H,3-5H2,1-2H3,(H,11,19)(H,17,18)(H,12,13,14). The number of carboxylic acids is 1. The Balaban J connectivity index is 2.31. The van der Waals surface area contributed by atoms with Crippen molar-refractivity contribution in [2.45, 2.75) is 26.0 Å². The van der Waals surface area contributed by atoms with Gasteiger partial charge in [0.2, 0.25) is 0 Å². The van der Waals surface area contributed by atoms with E-state index in [1.54, 1.807) is 14.0 Å². The second-order valence-corrected chi connectivity index (χ2v) is 4.07. The Bertz CT molecular complexity index is 447. The monoisotopic (exact) mass is 271 g/mol. The zero-order valence-corrected chi connectivity index (χ0v) is 10.8. The molecule has 9 nitrogen and oxygen atoms in total. The Labute approximate surface area is 109 Å². The van der Waals surface area contributed by atoms with Gasteiger partial charge in [-0.15, -0.1) is 0 Å². The molecule has 0 saturated heterocycles. The fraction of sp³-hybridized carbons (Fsp3) is 0.600. The first-order valence-corrected chi connectivity index (χ1v) is 5.68. The summed E-state index contributed by atoms with van der Waals surface area (Å²) in [5.74, 6) is -0.159. The van der Waals surface area contributed by atoms with Crippen molar-refractivity contribution in [2.24, 2.45) is 0 Å². The predicted molar refractivity (Wildman–Crippen MR) is 64.2 cm³/mol. The highest BCUT2D eigenvalue weighted by Gasteiger charge is 2.15. The molecule has 1 unspecified atom stereocenters. The van der Waals surface area contributed by atoms with Crippen LogP contribution in [0.2, 0.25) is 0 Å². The van der Waals surface area contributed by atoms with E-state index in [2.05, 4.69) is 20.5 Å². The Kier molecular flexibility index (Phi) is 5.24. The number of carboxylic acid groups (broad SMARTS) is 1. The lowest BCUT2D eigenvalue weighted by Crippen LogP contribution is -2.39. The van der Waals surface area contributed by atoms with Gasteiger partial charge in [-0.1, -0.05) is 0 Å². The van der Waals surface area contributed by atoms with Crippen LogP contribution in [0.15, 0.2) is 0 Å². The highest BCUT2D eigenvalue weighted by Crippen LogP contribution is 1.97. The molecule has 0 aliphatic carbocycles. The largest absolute Gasteiger partial charge is 0.479 e. The van der Waals surface area contributed by atoms with E-state index in [4.69, 9.17) is 10.2 Å². The molecule has 0 aromatic carbocycles. The minimum Gasteiger partial charge on any atom is -0.479 e. The molecule has 9 heteroatoms. The van der Waals surface area contributed by atoms with Crippen molar-refractivity contribution in [1.82, 2.24) is 25.4 Å². The normalized spacial score (nSPS) is 11.9. The van der Waals surface area contributed by atoms with Gasteiger partial charge in [0.25, 0.3) is 0 Å². The summed E-state index contributed by atoms with van der Waals surface area (Å²) in [6.07, 6.45) is -1.52. The summed E-state index contributed by atoms with van der Waals surface area (Å²) < 4.78 is 0. The smallest absolute Gasteiger partial charge is 0.332 e. The molecule has 0 aliphatic heterocycles. The third-order valence-corrected chi connectivity index (χ3v) is 2.35. The number of aliphatic hydroxyl groups excluding tert-OH is 1. The molecule has 4 N–H and O–H groups in total. The maximum absolute atomic E-state index is 11.6. The van der Waals surface area contributed by atoms with Crippen molar-refractivity contribution in [3.63, 3.8) is 0 Å². The molecule has 1 rings (SSSR count). The van der Waals surface area contributed by atoms with Crippen LogP contribution in [0.5, 0.6) is 0 Å². The predicted octanol–water partition coefficient (Wildman–Crippen LogP) is -0.910. The quantitative estimate of drug-likeness (QED) is 0.529. The lowest BCUT2D eigenvalue weighted by atomic mass is 10.2. The van der Waals surface area contributed by atoms with Crippen molar-refractivity contribution in [3.8, 4) is 0 Å².